The third kappa shape index (κ3) is 4.16. The number of benzene rings is 1. The Bertz CT molecular complexity index is 424. The van der Waals surface area contributed by atoms with E-state index in [4.69, 9.17) is 10.5 Å². The van der Waals surface area contributed by atoms with Crippen LogP contribution in [0.3, 0.4) is 0 Å². The van der Waals surface area contributed by atoms with E-state index < -0.39 is 6.10 Å². The normalized spacial score (nSPS) is 14.3. The maximum Gasteiger partial charge on any atom is 0.126 e. The molecule has 1 rings (SSSR count). The van der Waals surface area contributed by atoms with E-state index in [1.165, 1.54) is 6.07 Å². The van der Waals surface area contributed by atoms with Crippen LogP contribution >= 0.6 is 0 Å². The molecule has 1 aromatic rings. The first-order chi connectivity index (χ1) is 8.86. The van der Waals surface area contributed by atoms with Crippen molar-refractivity contribution in [1.82, 2.24) is 0 Å². The molecule has 0 heterocycles. The van der Waals surface area contributed by atoms with Crippen molar-refractivity contribution < 1.29 is 14.2 Å². The summed E-state index contributed by atoms with van der Waals surface area (Å²) >= 11 is 0. The number of likely N-dealkylation sites (N-methyl/N-ethyl adjacent to an activating group) is 1. The lowest BCUT2D eigenvalue weighted by Crippen LogP contribution is -2.33. The Morgan fingerprint density at radius 3 is 2.63 bits per heavy atom. The molecule has 0 aliphatic rings. The largest absolute Gasteiger partial charge is 0.389 e. The van der Waals surface area contributed by atoms with Gasteiger partial charge in [-0.25, -0.2) is 4.39 Å². The minimum atomic E-state index is -0.596. The SMILES string of the molecule is COCC(O)CN(C)c1cc(C)c(F)cc1[C@@H](C)N. The van der Waals surface area contributed by atoms with Gasteiger partial charge in [-0.3, -0.25) is 0 Å². The smallest absolute Gasteiger partial charge is 0.126 e. The molecular weight excluding hydrogens is 247 g/mol. The van der Waals surface area contributed by atoms with E-state index in [2.05, 4.69) is 0 Å². The highest BCUT2D eigenvalue weighted by Gasteiger charge is 2.16. The topological polar surface area (TPSA) is 58.7 Å². The second-order valence-corrected chi connectivity index (χ2v) is 4.94. The zero-order chi connectivity index (χ0) is 14.6. The molecule has 0 saturated carbocycles. The molecule has 4 nitrogen and oxygen atoms in total. The first-order valence-electron chi connectivity index (χ1n) is 6.30. The van der Waals surface area contributed by atoms with Crippen LogP contribution in [0, 0.1) is 12.7 Å². The van der Waals surface area contributed by atoms with Gasteiger partial charge in [-0.1, -0.05) is 0 Å². The van der Waals surface area contributed by atoms with Crippen molar-refractivity contribution in [2.45, 2.75) is 26.0 Å². The number of rotatable bonds is 6. The summed E-state index contributed by atoms with van der Waals surface area (Å²) in [7, 11) is 3.39. The predicted octanol–water partition coefficient (Wildman–Crippen LogP) is 1.60. The molecule has 0 amide bonds. The lowest BCUT2D eigenvalue weighted by molar-refractivity contribution is 0.0695. The van der Waals surface area contributed by atoms with Gasteiger partial charge >= 0.3 is 0 Å². The summed E-state index contributed by atoms with van der Waals surface area (Å²) < 4.78 is 18.5. The van der Waals surface area contributed by atoms with Gasteiger partial charge in [0.05, 0.1) is 12.7 Å². The lowest BCUT2D eigenvalue weighted by Gasteiger charge is -2.26. The molecule has 0 aliphatic carbocycles. The Morgan fingerprint density at radius 1 is 1.47 bits per heavy atom. The number of aliphatic hydroxyl groups is 1. The second kappa shape index (κ2) is 6.84. The number of hydrogen-bond acceptors (Lipinski definition) is 4. The molecule has 19 heavy (non-hydrogen) atoms. The summed E-state index contributed by atoms with van der Waals surface area (Å²) in [6.45, 7) is 4.19. The number of ether oxygens (including phenoxy) is 1. The van der Waals surface area contributed by atoms with E-state index in [1.54, 1.807) is 20.1 Å². The summed E-state index contributed by atoms with van der Waals surface area (Å²) in [6.07, 6.45) is -0.596. The molecule has 0 bridgehead atoms. The molecule has 0 spiro atoms. The fourth-order valence-corrected chi connectivity index (χ4v) is 2.04. The van der Waals surface area contributed by atoms with Crippen molar-refractivity contribution in [1.29, 1.82) is 0 Å². The number of aliphatic hydroxyl groups excluding tert-OH is 1. The average Bonchev–Trinajstić information content (AvgIpc) is 2.31. The number of nitrogens with two attached hydrogens (primary N) is 1. The van der Waals surface area contributed by atoms with Crippen LogP contribution in [0.5, 0.6) is 0 Å². The van der Waals surface area contributed by atoms with Crippen molar-refractivity contribution in [2.75, 3.05) is 32.2 Å². The van der Waals surface area contributed by atoms with E-state index in [0.29, 0.717) is 12.1 Å². The molecule has 2 atom stereocenters. The minimum absolute atomic E-state index is 0.262. The van der Waals surface area contributed by atoms with Gasteiger partial charge in [0.2, 0.25) is 0 Å². The van der Waals surface area contributed by atoms with E-state index in [-0.39, 0.29) is 18.5 Å². The van der Waals surface area contributed by atoms with Gasteiger partial charge in [0.25, 0.3) is 0 Å². The van der Waals surface area contributed by atoms with Gasteiger partial charge in [-0.15, -0.1) is 0 Å². The number of nitrogens with zero attached hydrogens (tertiary/aromatic N) is 1. The fourth-order valence-electron chi connectivity index (χ4n) is 2.04. The second-order valence-electron chi connectivity index (χ2n) is 4.94. The highest BCUT2D eigenvalue weighted by Crippen LogP contribution is 2.27. The van der Waals surface area contributed by atoms with Crippen molar-refractivity contribution in [3.63, 3.8) is 0 Å². The average molecular weight is 270 g/mol. The van der Waals surface area contributed by atoms with Gasteiger partial charge in [0, 0.05) is 32.4 Å². The number of methoxy groups -OCH3 is 1. The molecule has 0 aromatic heterocycles. The molecule has 0 aliphatic heterocycles. The van der Waals surface area contributed by atoms with Crippen molar-refractivity contribution in [2.24, 2.45) is 5.73 Å². The Labute approximate surface area is 114 Å². The van der Waals surface area contributed by atoms with E-state index in [9.17, 15) is 9.50 Å². The van der Waals surface area contributed by atoms with E-state index in [0.717, 1.165) is 11.3 Å². The Hall–Kier alpha value is -1.17. The third-order valence-electron chi connectivity index (χ3n) is 3.05. The number of aryl methyl sites for hydroxylation is 1. The maximum atomic E-state index is 13.6. The standard InChI is InChI=1S/C14H23FN2O2/c1-9-5-14(12(10(2)16)6-13(9)15)17(3)7-11(18)8-19-4/h5-6,10-11,18H,7-8,16H2,1-4H3/t10-,11?/m1/s1. The fraction of sp³-hybridized carbons (Fsp3) is 0.571. The molecule has 0 fully saturated rings. The Morgan fingerprint density at radius 2 is 2.11 bits per heavy atom. The maximum absolute atomic E-state index is 13.6. The number of halogens is 1. The highest BCUT2D eigenvalue weighted by molar-refractivity contribution is 5.56. The first-order valence-corrected chi connectivity index (χ1v) is 6.30. The quantitative estimate of drug-likeness (QED) is 0.824. The number of hydrogen-bond donors (Lipinski definition) is 2. The first kappa shape index (κ1) is 15.9. The predicted molar refractivity (Wildman–Crippen MR) is 74.9 cm³/mol. The monoisotopic (exact) mass is 270 g/mol. The zero-order valence-electron chi connectivity index (χ0n) is 12.0. The third-order valence-corrected chi connectivity index (χ3v) is 3.05. The van der Waals surface area contributed by atoms with Crippen LogP contribution in [0.1, 0.15) is 24.1 Å². The molecule has 0 radical (unpaired) electrons. The van der Waals surface area contributed by atoms with Gasteiger partial charge in [0.1, 0.15) is 5.82 Å². The molecule has 1 aromatic carbocycles. The van der Waals surface area contributed by atoms with Gasteiger partial charge < -0.3 is 20.5 Å². The molecule has 108 valence electrons. The molecule has 5 heteroatoms. The Kier molecular flexibility index (Phi) is 5.72. The summed E-state index contributed by atoms with van der Waals surface area (Å²) in [5.41, 5.74) is 8.01. The summed E-state index contributed by atoms with van der Waals surface area (Å²) in [4.78, 5) is 1.87. The van der Waals surface area contributed by atoms with Crippen LogP contribution in [0.4, 0.5) is 10.1 Å². The molecular formula is C14H23FN2O2. The summed E-state index contributed by atoms with van der Waals surface area (Å²) in [6, 6.07) is 2.95. The van der Waals surface area contributed by atoms with Crippen LogP contribution in [0.15, 0.2) is 12.1 Å². The van der Waals surface area contributed by atoms with E-state index in [1.807, 2.05) is 18.9 Å². The van der Waals surface area contributed by atoms with Crippen molar-refractivity contribution in [3.8, 4) is 0 Å². The van der Waals surface area contributed by atoms with Crippen LogP contribution in [0.25, 0.3) is 0 Å². The summed E-state index contributed by atoms with van der Waals surface area (Å²) in [5, 5.41) is 9.76. The van der Waals surface area contributed by atoms with Crippen LogP contribution in [0.2, 0.25) is 0 Å². The lowest BCUT2D eigenvalue weighted by atomic mass is 10.0. The highest BCUT2D eigenvalue weighted by atomic mass is 19.1. The molecule has 1 unspecified atom stereocenters. The van der Waals surface area contributed by atoms with Gasteiger partial charge in [-0.05, 0) is 37.1 Å². The van der Waals surface area contributed by atoms with Gasteiger partial charge in [-0.2, -0.15) is 0 Å². The minimum Gasteiger partial charge on any atom is -0.389 e. The van der Waals surface area contributed by atoms with Crippen molar-refractivity contribution >= 4 is 5.69 Å². The van der Waals surface area contributed by atoms with Crippen LogP contribution in [-0.4, -0.2) is 38.5 Å². The summed E-state index contributed by atoms with van der Waals surface area (Å²) in [5.74, 6) is -0.262. The zero-order valence-corrected chi connectivity index (χ0v) is 12.0. The Balaban J connectivity index is 3.00. The van der Waals surface area contributed by atoms with Gasteiger partial charge in [0.15, 0.2) is 0 Å². The van der Waals surface area contributed by atoms with Crippen LogP contribution in [-0.2, 0) is 4.74 Å². The van der Waals surface area contributed by atoms with Crippen LogP contribution < -0.4 is 10.6 Å². The molecule has 3 N–H and O–H groups in total. The molecule has 0 saturated heterocycles. The van der Waals surface area contributed by atoms with Crippen molar-refractivity contribution in [3.05, 3.63) is 29.1 Å². The number of anilines is 1. The van der Waals surface area contributed by atoms with E-state index >= 15 is 0 Å².